The van der Waals surface area contributed by atoms with Crippen LogP contribution >= 0.6 is 0 Å². The molecule has 1 aromatic carbocycles. The summed E-state index contributed by atoms with van der Waals surface area (Å²) in [4.78, 5) is 40.1. The number of barbiturate groups is 1. The van der Waals surface area contributed by atoms with E-state index in [2.05, 4.69) is 5.32 Å². The third kappa shape index (κ3) is 3.17. The van der Waals surface area contributed by atoms with E-state index in [9.17, 15) is 18.8 Å². The Labute approximate surface area is 160 Å². The van der Waals surface area contributed by atoms with Gasteiger partial charge in [0.25, 0.3) is 11.8 Å². The smallest absolute Gasteiger partial charge is 0.331 e. The normalized spacial score (nSPS) is 21.1. The largest absolute Gasteiger partial charge is 0.467 e. The number of rotatable bonds is 3. The number of urea groups is 1. The van der Waals surface area contributed by atoms with E-state index in [-0.39, 0.29) is 24.0 Å². The van der Waals surface area contributed by atoms with Crippen molar-refractivity contribution in [3.63, 3.8) is 0 Å². The molecular weight excluding hydrogens is 365 g/mol. The predicted octanol–water partition coefficient (Wildman–Crippen LogP) is 2.72. The zero-order chi connectivity index (χ0) is 19.8. The summed E-state index contributed by atoms with van der Waals surface area (Å²) in [6, 6.07) is 6.93. The monoisotopic (exact) mass is 383 g/mol. The number of imide groups is 2. The van der Waals surface area contributed by atoms with Gasteiger partial charge in [0.1, 0.15) is 17.2 Å². The molecule has 1 unspecified atom stereocenters. The minimum Gasteiger partial charge on any atom is -0.467 e. The molecule has 1 fully saturated rings. The number of nitrogens with zero attached hydrogens (tertiary/aromatic N) is 2. The Balaban J connectivity index is 1.69. The Hall–Kier alpha value is -3.42. The standard InChI is InChI=1S/C20H18FN3O4/c1-12-4-5-13-9-14(21)6-7-17(13)23(12)11-16-18(25)22-20(27)24(19(16)26)10-15-3-2-8-28-15/h2-3,6-9,11-12H,4-5,10H2,1H3,(H,22,25,27)/b16-11+. The summed E-state index contributed by atoms with van der Waals surface area (Å²) in [5, 5.41) is 2.19. The zero-order valence-corrected chi connectivity index (χ0v) is 15.1. The second-order valence-corrected chi connectivity index (χ2v) is 6.84. The first kappa shape index (κ1) is 18.0. The Kier molecular flexibility index (Phi) is 4.46. The average Bonchev–Trinajstić information content (AvgIpc) is 3.17. The van der Waals surface area contributed by atoms with Crippen LogP contribution in [0, 0.1) is 5.82 Å². The van der Waals surface area contributed by atoms with Crippen molar-refractivity contribution in [2.75, 3.05) is 4.90 Å². The predicted molar refractivity (Wildman–Crippen MR) is 97.5 cm³/mol. The molecule has 2 aromatic rings. The van der Waals surface area contributed by atoms with Gasteiger partial charge in [-0.15, -0.1) is 0 Å². The van der Waals surface area contributed by atoms with Crippen molar-refractivity contribution < 1.29 is 23.2 Å². The molecule has 4 rings (SSSR count). The molecule has 7 nitrogen and oxygen atoms in total. The molecule has 1 saturated heterocycles. The number of hydrogen-bond donors (Lipinski definition) is 1. The maximum absolute atomic E-state index is 13.6. The van der Waals surface area contributed by atoms with Crippen LogP contribution in [0.25, 0.3) is 0 Å². The number of amides is 4. The van der Waals surface area contributed by atoms with Gasteiger partial charge in [0.2, 0.25) is 0 Å². The lowest BCUT2D eigenvalue weighted by molar-refractivity contribution is -0.130. The number of halogens is 1. The van der Waals surface area contributed by atoms with Crippen LogP contribution in [0.5, 0.6) is 0 Å². The maximum atomic E-state index is 13.6. The molecule has 0 spiro atoms. The highest BCUT2D eigenvalue weighted by atomic mass is 19.1. The molecule has 28 heavy (non-hydrogen) atoms. The van der Waals surface area contributed by atoms with E-state index >= 15 is 0 Å². The Bertz CT molecular complexity index is 983. The number of fused-ring (bicyclic) bond motifs is 1. The molecule has 144 valence electrons. The number of carbonyl (C=O) groups excluding carboxylic acids is 3. The average molecular weight is 383 g/mol. The van der Waals surface area contributed by atoms with E-state index in [1.807, 2.05) is 6.92 Å². The molecule has 4 amide bonds. The van der Waals surface area contributed by atoms with Crippen LogP contribution in [0.4, 0.5) is 14.9 Å². The molecule has 3 heterocycles. The van der Waals surface area contributed by atoms with Crippen molar-refractivity contribution in [2.45, 2.75) is 32.4 Å². The fraction of sp³-hybridized carbons (Fsp3) is 0.250. The minimum absolute atomic E-state index is 0.00205. The summed E-state index contributed by atoms with van der Waals surface area (Å²) in [6.07, 6.45) is 4.33. The van der Waals surface area contributed by atoms with Gasteiger partial charge in [-0.05, 0) is 55.7 Å². The lowest BCUT2D eigenvalue weighted by Gasteiger charge is -2.35. The molecule has 0 radical (unpaired) electrons. The molecule has 2 aliphatic rings. The molecule has 0 aliphatic carbocycles. The first-order valence-electron chi connectivity index (χ1n) is 8.92. The van der Waals surface area contributed by atoms with E-state index in [1.54, 1.807) is 23.1 Å². The number of aryl methyl sites for hydroxylation is 1. The van der Waals surface area contributed by atoms with Gasteiger partial charge in [-0.25, -0.2) is 9.18 Å². The molecule has 8 heteroatoms. The maximum Gasteiger partial charge on any atom is 0.331 e. The summed E-state index contributed by atoms with van der Waals surface area (Å²) in [5.74, 6) is -1.37. The van der Waals surface area contributed by atoms with Crippen molar-refractivity contribution in [1.29, 1.82) is 0 Å². The molecule has 0 bridgehead atoms. The Morgan fingerprint density at radius 3 is 2.86 bits per heavy atom. The fourth-order valence-electron chi connectivity index (χ4n) is 3.47. The number of hydrogen-bond acceptors (Lipinski definition) is 5. The van der Waals surface area contributed by atoms with Gasteiger partial charge in [0, 0.05) is 17.9 Å². The third-order valence-corrected chi connectivity index (χ3v) is 4.97. The highest BCUT2D eigenvalue weighted by Gasteiger charge is 2.37. The van der Waals surface area contributed by atoms with Crippen LogP contribution in [0.2, 0.25) is 0 Å². The van der Waals surface area contributed by atoms with Crippen molar-refractivity contribution in [3.8, 4) is 0 Å². The van der Waals surface area contributed by atoms with Crippen molar-refractivity contribution in [1.82, 2.24) is 10.2 Å². The summed E-state index contributed by atoms with van der Waals surface area (Å²) in [7, 11) is 0. The summed E-state index contributed by atoms with van der Waals surface area (Å²) in [5.41, 5.74) is 1.39. The van der Waals surface area contributed by atoms with Crippen LogP contribution in [0.1, 0.15) is 24.7 Å². The quantitative estimate of drug-likeness (QED) is 0.651. The number of nitrogens with one attached hydrogen (secondary N) is 1. The second kappa shape index (κ2) is 6.95. The first-order valence-corrected chi connectivity index (χ1v) is 8.92. The Morgan fingerprint density at radius 1 is 1.29 bits per heavy atom. The van der Waals surface area contributed by atoms with Crippen LogP contribution in [-0.4, -0.2) is 28.8 Å². The van der Waals surface area contributed by atoms with Crippen molar-refractivity contribution in [3.05, 3.63) is 65.5 Å². The molecule has 1 N–H and O–H groups in total. The lowest BCUT2D eigenvalue weighted by atomic mass is 9.96. The number of anilines is 1. The molecule has 1 aromatic heterocycles. The minimum atomic E-state index is -0.794. The van der Waals surface area contributed by atoms with Gasteiger partial charge >= 0.3 is 6.03 Å². The highest BCUT2D eigenvalue weighted by Crippen LogP contribution is 2.32. The van der Waals surface area contributed by atoms with Gasteiger partial charge in [-0.2, -0.15) is 0 Å². The summed E-state index contributed by atoms with van der Waals surface area (Å²) >= 11 is 0. The third-order valence-electron chi connectivity index (χ3n) is 4.97. The number of benzene rings is 1. The fourth-order valence-corrected chi connectivity index (χ4v) is 3.47. The van der Waals surface area contributed by atoms with Crippen molar-refractivity contribution >= 4 is 23.5 Å². The molecule has 0 saturated carbocycles. The van der Waals surface area contributed by atoms with Gasteiger partial charge in [0.05, 0.1) is 12.8 Å². The van der Waals surface area contributed by atoms with Gasteiger partial charge in [-0.1, -0.05) is 0 Å². The van der Waals surface area contributed by atoms with E-state index in [0.717, 1.165) is 22.6 Å². The summed E-state index contributed by atoms with van der Waals surface area (Å²) < 4.78 is 18.8. The van der Waals surface area contributed by atoms with Crippen LogP contribution < -0.4 is 10.2 Å². The first-order chi connectivity index (χ1) is 13.4. The Morgan fingerprint density at radius 2 is 2.11 bits per heavy atom. The van der Waals surface area contributed by atoms with E-state index in [0.29, 0.717) is 12.2 Å². The van der Waals surface area contributed by atoms with E-state index < -0.39 is 17.8 Å². The van der Waals surface area contributed by atoms with Gasteiger partial charge in [0.15, 0.2) is 0 Å². The van der Waals surface area contributed by atoms with Crippen molar-refractivity contribution in [2.24, 2.45) is 0 Å². The van der Waals surface area contributed by atoms with E-state index in [4.69, 9.17) is 4.42 Å². The van der Waals surface area contributed by atoms with Crippen LogP contribution in [0.3, 0.4) is 0 Å². The SMILES string of the molecule is CC1CCc2cc(F)ccc2N1/C=C1\C(=O)NC(=O)N(Cc2ccco2)C1=O. The van der Waals surface area contributed by atoms with Crippen LogP contribution in [0.15, 0.2) is 52.8 Å². The zero-order valence-electron chi connectivity index (χ0n) is 15.1. The highest BCUT2D eigenvalue weighted by molar-refractivity contribution is 6.28. The van der Waals surface area contributed by atoms with Crippen LogP contribution in [-0.2, 0) is 22.6 Å². The number of furan rings is 1. The van der Waals surface area contributed by atoms with E-state index in [1.165, 1.54) is 24.6 Å². The topological polar surface area (TPSA) is 82.9 Å². The number of carbonyl (C=O) groups is 3. The summed E-state index contributed by atoms with van der Waals surface area (Å²) in [6.45, 7) is 1.87. The van der Waals surface area contributed by atoms with Gasteiger partial charge in [-0.3, -0.25) is 19.8 Å². The second-order valence-electron chi connectivity index (χ2n) is 6.84. The molecule has 2 aliphatic heterocycles. The molecule has 1 atom stereocenters. The molecular formula is C20H18FN3O4. The van der Waals surface area contributed by atoms with Gasteiger partial charge < -0.3 is 9.32 Å². The lowest BCUT2D eigenvalue weighted by Crippen LogP contribution is -2.54.